The van der Waals surface area contributed by atoms with Crippen molar-refractivity contribution in [2.75, 3.05) is 13.1 Å². The van der Waals surface area contributed by atoms with Gasteiger partial charge in [-0.25, -0.2) is 0 Å². The molecule has 6 heteroatoms. The predicted molar refractivity (Wildman–Crippen MR) is 126 cm³/mol. The number of H-pyrrole nitrogens is 1. The summed E-state index contributed by atoms with van der Waals surface area (Å²) in [6, 6.07) is 15.7. The molecule has 3 heterocycles. The number of para-hydroxylation sites is 1. The number of fused-ring (bicyclic) bond motifs is 1. The van der Waals surface area contributed by atoms with E-state index in [-0.39, 0.29) is 22.8 Å². The van der Waals surface area contributed by atoms with E-state index in [1.165, 1.54) is 5.56 Å². The second-order valence-electron chi connectivity index (χ2n) is 8.60. The lowest BCUT2D eigenvalue weighted by Gasteiger charge is -2.33. The highest BCUT2D eigenvalue weighted by Gasteiger charge is 2.30. The Morgan fingerprint density at radius 2 is 1.88 bits per heavy atom. The van der Waals surface area contributed by atoms with Crippen molar-refractivity contribution < 1.29 is 4.79 Å². The highest BCUT2D eigenvalue weighted by molar-refractivity contribution is 5.97. The Morgan fingerprint density at radius 3 is 2.72 bits per heavy atom. The first-order valence-electron chi connectivity index (χ1n) is 11.0. The molecule has 4 aromatic rings. The Kier molecular flexibility index (Phi) is 5.13. The van der Waals surface area contributed by atoms with Gasteiger partial charge in [0.05, 0.1) is 11.7 Å². The van der Waals surface area contributed by atoms with Crippen molar-refractivity contribution in [3.8, 4) is 11.1 Å². The van der Waals surface area contributed by atoms with Crippen LogP contribution < -0.4 is 5.43 Å². The molecule has 5 rings (SSSR count). The summed E-state index contributed by atoms with van der Waals surface area (Å²) in [6.07, 6.45) is 5.40. The highest BCUT2D eigenvalue weighted by atomic mass is 16.2. The molecule has 1 amide bonds. The van der Waals surface area contributed by atoms with Gasteiger partial charge in [0.1, 0.15) is 5.56 Å². The maximum atomic E-state index is 13.4. The van der Waals surface area contributed by atoms with E-state index in [2.05, 4.69) is 29.3 Å². The molecule has 0 spiro atoms. The smallest absolute Gasteiger partial charge is 0.259 e. The summed E-state index contributed by atoms with van der Waals surface area (Å²) in [5.74, 6) is -0.0490. The van der Waals surface area contributed by atoms with Gasteiger partial charge in [0, 0.05) is 48.9 Å². The van der Waals surface area contributed by atoms with Crippen LogP contribution >= 0.6 is 0 Å². The number of nitrogens with one attached hydrogen (secondary N) is 1. The summed E-state index contributed by atoms with van der Waals surface area (Å²) in [7, 11) is 1.87. The number of aryl methyl sites for hydroxylation is 2. The Morgan fingerprint density at radius 1 is 1.09 bits per heavy atom. The van der Waals surface area contributed by atoms with Gasteiger partial charge >= 0.3 is 0 Å². The number of rotatable bonds is 3. The van der Waals surface area contributed by atoms with Gasteiger partial charge in [-0.3, -0.25) is 14.7 Å². The van der Waals surface area contributed by atoms with Gasteiger partial charge < -0.3 is 9.47 Å². The Labute approximate surface area is 186 Å². The Bertz CT molecular complexity index is 1370. The summed E-state index contributed by atoms with van der Waals surface area (Å²) in [5, 5.41) is 8.09. The van der Waals surface area contributed by atoms with Crippen molar-refractivity contribution in [3.63, 3.8) is 0 Å². The van der Waals surface area contributed by atoms with Crippen LogP contribution in [0.3, 0.4) is 0 Å². The van der Waals surface area contributed by atoms with Crippen LogP contribution in [0.15, 0.2) is 65.7 Å². The number of likely N-dealkylation sites (tertiary alicyclic amines) is 1. The van der Waals surface area contributed by atoms with Crippen molar-refractivity contribution >= 4 is 16.8 Å². The van der Waals surface area contributed by atoms with Gasteiger partial charge in [0.25, 0.3) is 5.91 Å². The molecule has 32 heavy (non-hydrogen) atoms. The number of nitrogens with zero attached hydrogens (tertiary/aromatic N) is 3. The lowest BCUT2D eigenvalue weighted by Crippen LogP contribution is -2.41. The Hall–Kier alpha value is -3.67. The predicted octanol–water partition coefficient (Wildman–Crippen LogP) is 4.26. The summed E-state index contributed by atoms with van der Waals surface area (Å²) < 4.78 is 1.86. The molecule has 1 fully saturated rings. The van der Waals surface area contributed by atoms with E-state index in [9.17, 15) is 9.59 Å². The fraction of sp³-hybridized carbons (Fsp3) is 0.269. The molecule has 1 N–H and O–H groups in total. The minimum Gasteiger partial charge on any atom is -0.350 e. The molecule has 6 nitrogen and oxygen atoms in total. The fourth-order valence-electron chi connectivity index (χ4n) is 4.86. The molecular formula is C26H26N4O2. The van der Waals surface area contributed by atoms with Crippen LogP contribution in [-0.2, 0) is 7.05 Å². The minimum atomic E-state index is -0.201. The van der Waals surface area contributed by atoms with Gasteiger partial charge in [-0.1, -0.05) is 36.4 Å². The summed E-state index contributed by atoms with van der Waals surface area (Å²) in [4.78, 5) is 28.3. The van der Waals surface area contributed by atoms with E-state index in [0.29, 0.717) is 18.5 Å². The number of carbonyl (C=O) groups excluding carboxylic acids is 1. The molecule has 0 saturated carbocycles. The van der Waals surface area contributed by atoms with Crippen molar-refractivity contribution in [1.29, 1.82) is 0 Å². The molecular weight excluding hydrogens is 400 g/mol. The molecule has 0 bridgehead atoms. The third-order valence-corrected chi connectivity index (χ3v) is 6.55. The summed E-state index contributed by atoms with van der Waals surface area (Å²) in [5.41, 5.74) is 5.35. The molecule has 2 aromatic carbocycles. The number of hydrogen-bond acceptors (Lipinski definition) is 3. The molecule has 1 atom stereocenters. The number of carbonyl (C=O) groups is 1. The first-order valence-corrected chi connectivity index (χ1v) is 11.0. The monoisotopic (exact) mass is 426 g/mol. The van der Waals surface area contributed by atoms with Crippen LogP contribution in [-0.4, -0.2) is 38.7 Å². The number of amides is 1. The second-order valence-corrected chi connectivity index (χ2v) is 8.60. The van der Waals surface area contributed by atoms with E-state index < -0.39 is 0 Å². The maximum Gasteiger partial charge on any atom is 0.259 e. The molecule has 0 aliphatic carbocycles. The normalized spacial score (nSPS) is 16.4. The molecule has 1 aliphatic heterocycles. The molecule has 2 aromatic heterocycles. The standard InChI is InChI=1S/C26H26N4O2/c1-17-8-3-4-10-19(17)21-14-27-28-24(21)18-9-7-13-30(15-18)26(32)22-16-29(2)23-12-6-5-11-20(23)25(22)31/h3-6,8,10-12,14,16,18H,7,9,13,15H2,1-2H3,(H,27,28). The lowest BCUT2D eigenvalue weighted by atomic mass is 9.89. The minimum absolute atomic E-state index is 0.147. The van der Waals surface area contributed by atoms with E-state index in [1.54, 1.807) is 12.3 Å². The van der Waals surface area contributed by atoms with Gasteiger partial charge in [-0.05, 0) is 43.0 Å². The average molecular weight is 427 g/mol. The molecule has 162 valence electrons. The average Bonchev–Trinajstić information content (AvgIpc) is 3.31. The van der Waals surface area contributed by atoms with E-state index in [4.69, 9.17) is 0 Å². The third kappa shape index (κ3) is 3.42. The highest BCUT2D eigenvalue weighted by Crippen LogP contribution is 2.34. The summed E-state index contributed by atoms with van der Waals surface area (Å²) in [6.45, 7) is 3.31. The topological polar surface area (TPSA) is 71.0 Å². The van der Waals surface area contributed by atoms with Crippen molar-refractivity contribution in [2.45, 2.75) is 25.7 Å². The SMILES string of the molecule is Cc1ccccc1-c1cn[nH]c1C1CCCN(C(=O)c2cn(C)c3ccccc3c2=O)C1. The van der Waals surface area contributed by atoms with Gasteiger partial charge in [0.15, 0.2) is 0 Å². The second kappa shape index (κ2) is 8.11. The quantitative estimate of drug-likeness (QED) is 0.532. The molecule has 1 aliphatic rings. The van der Waals surface area contributed by atoms with Crippen LogP contribution in [0, 0.1) is 6.92 Å². The van der Waals surface area contributed by atoms with E-state index in [1.807, 2.05) is 53.0 Å². The number of pyridine rings is 1. The number of piperidine rings is 1. The number of aromatic amines is 1. The van der Waals surface area contributed by atoms with Gasteiger partial charge in [-0.15, -0.1) is 0 Å². The number of aromatic nitrogens is 3. The van der Waals surface area contributed by atoms with Crippen LogP contribution in [0.5, 0.6) is 0 Å². The fourth-order valence-corrected chi connectivity index (χ4v) is 4.86. The van der Waals surface area contributed by atoms with E-state index in [0.717, 1.165) is 35.2 Å². The summed E-state index contributed by atoms with van der Waals surface area (Å²) >= 11 is 0. The van der Waals surface area contributed by atoms with Crippen molar-refractivity contribution in [3.05, 3.63) is 88.0 Å². The van der Waals surface area contributed by atoms with Crippen LogP contribution in [0.1, 0.15) is 40.4 Å². The van der Waals surface area contributed by atoms with Crippen molar-refractivity contribution in [1.82, 2.24) is 19.7 Å². The van der Waals surface area contributed by atoms with E-state index >= 15 is 0 Å². The lowest BCUT2D eigenvalue weighted by molar-refractivity contribution is 0.0704. The van der Waals surface area contributed by atoms with Gasteiger partial charge in [-0.2, -0.15) is 5.10 Å². The zero-order valence-electron chi connectivity index (χ0n) is 18.3. The zero-order valence-corrected chi connectivity index (χ0v) is 18.3. The molecule has 1 unspecified atom stereocenters. The molecule has 0 radical (unpaired) electrons. The number of benzene rings is 2. The maximum absolute atomic E-state index is 13.4. The van der Waals surface area contributed by atoms with Crippen LogP contribution in [0.25, 0.3) is 22.0 Å². The largest absolute Gasteiger partial charge is 0.350 e. The van der Waals surface area contributed by atoms with Gasteiger partial charge in [0.2, 0.25) is 5.43 Å². The van der Waals surface area contributed by atoms with Crippen molar-refractivity contribution in [2.24, 2.45) is 7.05 Å². The van der Waals surface area contributed by atoms with Crippen LogP contribution in [0.2, 0.25) is 0 Å². The number of hydrogen-bond donors (Lipinski definition) is 1. The Balaban J connectivity index is 1.46. The first kappa shape index (κ1) is 20.2. The zero-order chi connectivity index (χ0) is 22.2. The van der Waals surface area contributed by atoms with Crippen LogP contribution in [0.4, 0.5) is 0 Å². The first-order chi connectivity index (χ1) is 15.5. The third-order valence-electron chi connectivity index (χ3n) is 6.55. The molecule has 1 saturated heterocycles.